The summed E-state index contributed by atoms with van der Waals surface area (Å²) in [6.07, 6.45) is 5.95. The van der Waals surface area contributed by atoms with Gasteiger partial charge in [0, 0.05) is 35.3 Å². The molecule has 5 nitrogen and oxygen atoms in total. The molecule has 4 rings (SSSR count). The summed E-state index contributed by atoms with van der Waals surface area (Å²) in [5, 5.41) is 6.20. The van der Waals surface area contributed by atoms with Crippen molar-refractivity contribution in [1.29, 1.82) is 0 Å². The maximum absolute atomic E-state index is 12.8. The zero-order chi connectivity index (χ0) is 22.5. The molecule has 166 valence electrons. The molecule has 32 heavy (non-hydrogen) atoms. The van der Waals surface area contributed by atoms with Gasteiger partial charge in [0.15, 0.2) is 0 Å². The SMILES string of the molecule is CN(C(=O)c1ccc(NC(=O)Cc2csc(-c3ccccc3Cl)n2)cc1)C1CCCCC1. The third-order valence-corrected chi connectivity index (χ3v) is 7.11. The van der Waals surface area contributed by atoms with Gasteiger partial charge in [-0.15, -0.1) is 11.3 Å². The molecular formula is C25H26ClN3O2S. The predicted molar refractivity (Wildman–Crippen MR) is 130 cm³/mol. The molecule has 7 heteroatoms. The lowest BCUT2D eigenvalue weighted by Gasteiger charge is -2.31. The van der Waals surface area contributed by atoms with Crippen molar-refractivity contribution in [2.45, 2.75) is 44.6 Å². The van der Waals surface area contributed by atoms with Crippen LogP contribution in [-0.2, 0) is 11.2 Å². The third-order valence-electron chi connectivity index (χ3n) is 5.86. The van der Waals surface area contributed by atoms with Crippen LogP contribution in [0.25, 0.3) is 10.6 Å². The van der Waals surface area contributed by atoms with Crippen LogP contribution >= 0.6 is 22.9 Å². The van der Waals surface area contributed by atoms with Gasteiger partial charge in [-0.05, 0) is 43.2 Å². The van der Waals surface area contributed by atoms with Gasteiger partial charge in [0.2, 0.25) is 5.91 Å². The molecule has 1 saturated carbocycles. The fourth-order valence-corrected chi connectivity index (χ4v) is 5.19. The summed E-state index contributed by atoms with van der Waals surface area (Å²) in [4.78, 5) is 31.7. The molecule has 1 fully saturated rings. The number of hydrogen-bond donors (Lipinski definition) is 1. The zero-order valence-corrected chi connectivity index (χ0v) is 19.6. The molecule has 2 aromatic carbocycles. The number of anilines is 1. The minimum atomic E-state index is -0.153. The quantitative estimate of drug-likeness (QED) is 0.480. The third kappa shape index (κ3) is 5.37. The number of nitrogens with zero attached hydrogens (tertiary/aromatic N) is 2. The number of nitrogens with one attached hydrogen (secondary N) is 1. The van der Waals surface area contributed by atoms with E-state index in [0.29, 0.717) is 28.0 Å². The van der Waals surface area contributed by atoms with E-state index in [9.17, 15) is 9.59 Å². The van der Waals surface area contributed by atoms with E-state index in [1.165, 1.54) is 30.6 Å². The summed E-state index contributed by atoms with van der Waals surface area (Å²) in [5.74, 6) is -0.122. The Balaban J connectivity index is 1.34. The summed E-state index contributed by atoms with van der Waals surface area (Å²) in [7, 11) is 1.89. The fourth-order valence-electron chi connectivity index (χ4n) is 4.05. The van der Waals surface area contributed by atoms with Gasteiger partial charge in [0.25, 0.3) is 5.91 Å². The normalized spacial score (nSPS) is 14.2. The van der Waals surface area contributed by atoms with Crippen LogP contribution in [0.15, 0.2) is 53.9 Å². The number of hydrogen-bond acceptors (Lipinski definition) is 4. The van der Waals surface area contributed by atoms with E-state index in [2.05, 4.69) is 10.3 Å². The number of rotatable bonds is 6. The highest BCUT2D eigenvalue weighted by Gasteiger charge is 2.23. The number of benzene rings is 2. The van der Waals surface area contributed by atoms with Gasteiger partial charge in [-0.25, -0.2) is 4.98 Å². The lowest BCUT2D eigenvalue weighted by Crippen LogP contribution is -2.38. The molecule has 1 aliphatic carbocycles. The number of amides is 2. The largest absolute Gasteiger partial charge is 0.339 e. The van der Waals surface area contributed by atoms with E-state index in [4.69, 9.17) is 11.6 Å². The lowest BCUT2D eigenvalue weighted by atomic mass is 9.94. The molecule has 1 N–H and O–H groups in total. The van der Waals surface area contributed by atoms with Crippen LogP contribution in [0.2, 0.25) is 5.02 Å². The first-order valence-electron chi connectivity index (χ1n) is 10.9. The second-order valence-electron chi connectivity index (χ2n) is 8.13. The summed E-state index contributed by atoms with van der Waals surface area (Å²) >= 11 is 7.71. The van der Waals surface area contributed by atoms with Gasteiger partial charge in [-0.2, -0.15) is 0 Å². The average molecular weight is 468 g/mol. The van der Waals surface area contributed by atoms with Crippen LogP contribution in [0.3, 0.4) is 0 Å². The summed E-state index contributed by atoms with van der Waals surface area (Å²) in [6, 6.07) is 14.9. The Kier molecular flexibility index (Phi) is 7.22. The maximum Gasteiger partial charge on any atom is 0.253 e. The van der Waals surface area contributed by atoms with Gasteiger partial charge < -0.3 is 10.2 Å². The highest BCUT2D eigenvalue weighted by atomic mass is 35.5. The Bertz CT molecular complexity index is 1090. The Hall–Kier alpha value is -2.70. The number of carbonyl (C=O) groups is 2. The Morgan fingerprint density at radius 1 is 1.09 bits per heavy atom. The van der Waals surface area contributed by atoms with Crippen molar-refractivity contribution >= 4 is 40.4 Å². The van der Waals surface area contributed by atoms with E-state index in [-0.39, 0.29) is 18.2 Å². The van der Waals surface area contributed by atoms with Crippen LogP contribution < -0.4 is 5.32 Å². The molecule has 0 bridgehead atoms. The van der Waals surface area contributed by atoms with Crippen molar-refractivity contribution in [3.8, 4) is 10.6 Å². The molecule has 0 saturated heterocycles. The first-order chi connectivity index (χ1) is 15.5. The van der Waals surface area contributed by atoms with Crippen molar-refractivity contribution in [2.24, 2.45) is 0 Å². The molecule has 0 radical (unpaired) electrons. The molecule has 2 amide bonds. The van der Waals surface area contributed by atoms with Crippen LogP contribution in [-0.4, -0.2) is 34.8 Å². The minimum absolute atomic E-state index is 0.0318. The number of halogens is 1. The zero-order valence-electron chi connectivity index (χ0n) is 18.0. The Morgan fingerprint density at radius 3 is 2.53 bits per heavy atom. The van der Waals surface area contributed by atoms with E-state index in [0.717, 1.165) is 23.4 Å². The standard InChI is InChI=1S/C25H26ClN3O2S/c1-29(20-7-3-2-4-8-20)25(31)17-11-13-18(14-12-17)27-23(30)15-19-16-32-24(28-19)21-9-5-6-10-22(21)26/h5-6,9-14,16,20H,2-4,7-8,15H2,1H3,(H,27,30). The minimum Gasteiger partial charge on any atom is -0.339 e. The lowest BCUT2D eigenvalue weighted by molar-refractivity contribution is -0.115. The monoisotopic (exact) mass is 467 g/mol. The molecule has 1 aromatic heterocycles. The van der Waals surface area contributed by atoms with Crippen molar-refractivity contribution in [1.82, 2.24) is 9.88 Å². The first-order valence-corrected chi connectivity index (χ1v) is 12.1. The summed E-state index contributed by atoms with van der Waals surface area (Å²) < 4.78 is 0. The van der Waals surface area contributed by atoms with Crippen molar-refractivity contribution < 1.29 is 9.59 Å². The van der Waals surface area contributed by atoms with Crippen LogP contribution in [0, 0.1) is 0 Å². The van der Waals surface area contributed by atoms with E-state index in [1.54, 1.807) is 24.3 Å². The van der Waals surface area contributed by atoms with Gasteiger partial charge in [-0.3, -0.25) is 9.59 Å². The summed E-state index contributed by atoms with van der Waals surface area (Å²) in [6.45, 7) is 0. The molecular weight excluding hydrogens is 442 g/mol. The number of carbonyl (C=O) groups excluding carboxylic acids is 2. The maximum atomic E-state index is 12.8. The van der Waals surface area contributed by atoms with Gasteiger partial charge in [0.05, 0.1) is 17.1 Å². The predicted octanol–water partition coefficient (Wildman–Crippen LogP) is 6.05. The molecule has 1 heterocycles. The second kappa shape index (κ2) is 10.3. The van der Waals surface area contributed by atoms with Gasteiger partial charge in [-0.1, -0.05) is 49.1 Å². The number of thiazole rings is 1. The first kappa shape index (κ1) is 22.5. The van der Waals surface area contributed by atoms with Crippen molar-refractivity contribution in [3.05, 3.63) is 70.2 Å². The molecule has 3 aromatic rings. The molecule has 0 aliphatic heterocycles. The highest BCUT2D eigenvalue weighted by molar-refractivity contribution is 7.13. The Labute approximate surface area is 197 Å². The van der Waals surface area contributed by atoms with Gasteiger partial charge >= 0.3 is 0 Å². The molecule has 0 spiro atoms. The van der Waals surface area contributed by atoms with Crippen LogP contribution in [0.5, 0.6) is 0 Å². The van der Waals surface area contributed by atoms with Crippen molar-refractivity contribution in [2.75, 3.05) is 12.4 Å². The average Bonchev–Trinajstić information content (AvgIpc) is 3.27. The topological polar surface area (TPSA) is 62.3 Å². The van der Waals surface area contributed by atoms with Crippen LogP contribution in [0.1, 0.15) is 48.2 Å². The smallest absolute Gasteiger partial charge is 0.253 e. The van der Waals surface area contributed by atoms with Gasteiger partial charge in [0.1, 0.15) is 5.01 Å². The second-order valence-corrected chi connectivity index (χ2v) is 9.40. The molecule has 1 aliphatic rings. The van der Waals surface area contributed by atoms with E-state index < -0.39 is 0 Å². The molecule has 0 unspecified atom stereocenters. The van der Waals surface area contributed by atoms with E-state index >= 15 is 0 Å². The van der Waals surface area contributed by atoms with Crippen molar-refractivity contribution in [3.63, 3.8) is 0 Å². The molecule has 0 atom stereocenters. The van der Waals surface area contributed by atoms with E-state index in [1.807, 2.05) is 41.6 Å². The highest BCUT2D eigenvalue weighted by Crippen LogP contribution is 2.30. The summed E-state index contributed by atoms with van der Waals surface area (Å²) in [5.41, 5.74) is 2.86. The van der Waals surface area contributed by atoms with Crippen LogP contribution in [0.4, 0.5) is 5.69 Å². The fraction of sp³-hybridized carbons (Fsp3) is 0.320. The Morgan fingerprint density at radius 2 is 1.81 bits per heavy atom. The number of aromatic nitrogens is 1.